The molecule has 1 fully saturated rings. The van der Waals surface area contributed by atoms with Crippen molar-refractivity contribution in [3.05, 3.63) is 0 Å². The summed E-state index contributed by atoms with van der Waals surface area (Å²) >= 11 is 0. The molecule has 4 heteroatoms. The molecule has 1 saturated heterocycles. The summed E-state index contributed by atoms with van der Waals surface area (Å²) in [5.74, 6) is 0.602. The number of hydrogen-bond acceptors (Lipinski definition) is 3. The summed E-state index contributed by atoms with van der Waals surface area (Å²) in [4.78, 5) is 0. The van der Waals surface area contributed by atoms with Gasteiger partial charge in [-0.1, -0.05) is 13.8 Å². The Bertz CT molecular complexity index is 235. The van der Waals surface area contributed by atoms with Crippen LogP contribution in [0.4, 0.5) is 0 Å². The molecule has 0 aliphatic carbocycles. The van der Waals surface area contributed by atoms with Gasteiger partial charge in [-0.05, 0) is 18.9 Å². The molecule has 2 atom stereocenters. The van der Waals surface area contributed by atoms with E-state index >= 15 is 0 Å². The van der Waals surface area contributed by atoms with Crippen LogP contribution in [0, 0.1) is 5.92 Å². The monoisotopic (exact) mass is 191 g/mol. The molecule has 0 radical (unpaired) electrons. The highest BCUT2D eigenvalue weighted by atomic mass is 32.2. The number of nitrogens with one attached hydrogen (secondary N) is 1. The average Bonchev–Trinajstić information content (AvgIpc) is 2.07. The topological polar surface area (TPSA) is 46.2 Å². The van der Waals surface area contributed by atoms with Crippen molar-refractivity contribution in [2.45, 2.75) is 25.5 Å². The lowest BCUT2D eigenvalue weighted by Crippen LogP contribution is -2.30. The fourth-order valence-corrected chi connectivity index (χ4v) is 3.67. The van der Waals surface area contributed by atoms with Crippen LogP contribution in [0.5, 0.6) is 0 Å². The summed E-state index contributed by atoms with van der Waals surface area (Å²) in [5, 5.41) is 3.01. The molecule has 0 spiro atoms. The van der Waals surface area contributed by atoms with E-state index in [0.717, 1.165) is 13.0 Å². The van der Waals surface area contributed by atoms with Gasteiger partial charge < -0.3 is 5.32 Å². The molecule has 3 nitrogen and oxygen atoms in total. The van der Waals surface area contributed by atoms with Gasteiger partial charge in [0.15, 0.2) is 9.84 Å². The molecule has 1 rings (SSSR count). The highest BCUT2D eigenvalue weighted by molar-refractivity contribution is 7.92. The maximum atomic E-state index is 11.6. The van der Waals surface area contributed by atoms with Gasteiger partial charge in [-0.15, -0.1) is 0 Å². The Hall–Kier alpha value is -0.0900. The highest BCUT2D eigenvalue weighted by Crippen LogP contribution is 2.13. The highest BCUT2D eigenvalue weighted by Gasteiger charge is 2.28. The van der Waals surface area contributed by atoms with Crippen molar-refractivity contribution in [1.29, 1.82) is 0 Å². The normalized spacial score (nSPS) is 35.8. The average molecular weight is 191 g/mol. The first kappa shape index (κ1) is 9.99. The van der Waals surface area contributed by atoms with Gasteiger partial charge in [0.05, 0.1) is 11.0 Å². The predicted octanol–water partition coefficient (Wildman–Crippen LogP) is 0.419. The molecule has 0 aromatic heterocycles. The van der Waals surface area contributed by atoms with Crippen LogP contribution in [0.25, 0.3) is 0 Å². The third-order valence-electron chi connectivity index (χ3n) is 2.34. The molecule has 12 heavy (non-hydrogen) atoms. The van der Waals surface area contributed by atoms with Crippen LogP contribution in [-0.2, 0) is 9.84 Å². The summed E-state index contributed by atoms with van der Waals surface area (Å²) in [6, 6.07) is 0. The van der Waals surface area contributed by atoms with Gasteiger partial charge in [0.1, 0.15) is 0 Å². The molecule has 0 bridgehead atoms. The zero-order valence-electron chi connectivity index (χ0n) is 7.71. The van der Waals surface area contributed by atoms with Crippen molar-refractivity contribution in [2.24, 2.45) is 5.92 Å². The number of rotatable bonds is 1. The lowest BCUT2D eigenvalue weighted by molar-refractivity contribution is 0.567. The van der Waals surface area contributed by atoms with Crippen molar-refractivity contribution in [3.63, 3.8) is 0 Å². The zero-order valence-corrected chi connectivity index (χ0v) is 8.52. The minimum absolute atomic E-state index is 0.164. The van der Waals surface area contributed by atoms with Crippen LogP contribution in [0.3, 0.4) is 0 Å². The lowest BCUT2D eigenvalue weighted by Gasteiger charge is -2.11. The van der Waals surface area contributed by atoms with Crippen molar-refractivity contribution >= 4 is 9.84 Å². The zero-order chi connectivity index (χ0) is 9.19. The molecule has 72 valence electrons. The summed E-state index contributed by atoms with van der Waals surface area (Å²) in [6.45, 7) is 5.36. The van der Waals surface area contributed by atoms with Crippen molar-refractivity contribution in [2.75, 3.05) is 18.8 Å². The molecule has 1 N–H and O–H groups in total. The van der Waals surface area contributed by atoms with Crippen LogP contribution in [-0.4, -0.2) is 32.5 Å². The van der Waals surface area contributed by atoms with E-state index in [9.17, 15) is 8.42 Å². The van der Waals surface area contributed by atoms with Crippen LogP contribution >= 0.6 is 0 Å². The molecule has 0 aromatic carbocycles. The third kappa shape index (κ3) is 2.20. The first-order valence-corrected chi connectivity index (χ1v) is 6.20. The standard InChI is InChI=1S/C8H17NO2S/c1-3-8-5-9-4-7(2)6-12(8,10)11/h7-9H,3-6H2,1-2H3. The third-order valence-corrected chi connectivity index (χ3v) is 4.89. The van der Waals surface area contributed by atoms with Gasteiger partial charge >= 0.3 is 0 Å². The molecule has 1 aliphatic heterocycles. The van der Waals surface area contributed by atoms with Crippen molar-refractivity contribution < 1.29 is 8.42 Å². The lowest BCUT2D eigenvalue weighted by atomic mass is 10.2. The fourth-order valence-electron chi connectivity index (χ4n) is 1.61. The van der Waals surface area contributed by atoms with E-state index in [2.05, 4.69) is 5.32 Å². The Morgan fingerprint density at radius 2 is 2.08 bits per heavy atom. The minimum atomic E-state index is -2.82. The molecule has 1 aliphatic rings. The first-order valence-electron chi connectivity index (χ1n) is 4.48. The van der Waals surface area contributed by atoms with E-state index in [-0.39, 0.29) is 11.2 Å². The van der Waals surface area contributed by atoms with Crippen LogP contribution < -0.4 is 5.32 Å². The quantitative estimate of drug-likeness (QED) is 0.653. The number of hydrogen-bond donors (Lipinski definition) is 1. The Morgan fingerprint density at radius 3 is 2.67 bits per heavy atom. The first-order chi connectivity index (χ1) is 5.56. The van der Waals surface area contributed by atoms with Crippen LogP contribution in [0.15, 0.2) is 0 Å². The SMILES string of the molecule is CCC1CNCC(C)CS1(=O)=O. The largest absolute Gasteiger partial charge is 0.315 e. The number of sulfone groups is 1. The van der Waals surface area contributed by atoms with E-state index < -0.39 is 9.84 Å². The van der Waals surface area contributed by atoms with Crippen molar-refractivity contribution in [1.82, 2.24) is 5.32 Å². The van der Waals surface area contributed by atoms with Gasteiger partial charge in [-0.25, -0.2) is 8.42 Å². The van der Waals surface area contributed by atoms with E-state index in [1.54, 1.807) is 0 Å². The van der Waals surface area contributed by atoms with E-state index in [1.807, 2.05) is 13.8 Å². The van der Waals surface area contributed by atoms with Crippen LogP contribution in [0.2, 0.25) is 0 Å². The second-order valence-corrected chi connectivity index (χ2v) is 5.95. The van der Waals surface area contributed by atoms with Gasteiger partial charge in [0, 0.05) is 6.54 Å². The van der Waals surface area contributed by atoms with E-state index in [4.69, 9.17) is 0 Å². The smallest absolute Gasteiger partial charge is 0.154 e. The fraction of sp³-hybridized carbons (Fsp3) is 1.00. The van der Waals surface area contributed by atoms with Crippen LogP contribution in [0.1, 0.15) is 20.3 Å². The molecule has 0 amide bonds. The Kier molecular flexibility index (Phi) is 3.12. The summed E-state index contributed by atoms with van der Waals surface area (Å²) < 4.78 is 23.2. The summed E-state index contributed by atoms with van der Waals surface area (Å²) in [7, 11) is -2.82. The molecule has 2 unspecified atom stereocenters. The van der Waals surface area contributed by atoms with Gasteiger partial charge in [0.25, 0.3) is 0 Å². The molecular weight excluding hydrogens is 174 g/mol. The predicted molar refractivity (Wildman–Crippen MR) is 49.9 cm³/mol. The summed E-state index contributed by atoms with van der Waals surface area (Å²) in [5.41, 5.74) is 0. The van der Waals surface area contributed by atoms with E-state index in [1.165, 1.54) is 0 Å². The Morgan fingerprint density at radius 1 is 1.42 bits per heavy atom. The van der Waals surface area contributed by atoms with Gasteiger partial charge in [-0.3, -0.25) is 0 Å². The maximum absolute atomic E-state index is 11.6. The molecule has 0 aromatic rings. The Labute approximate surface area is 74.5 Å². The van der Waals surface area contributed by atoms with E-state index in [0.29, 0.717) is 12.3 Å². The van der Waals surface area contributed by atoms with Gasteiger partial charge in [-0.2, -0.15) is 0 Å². The maximum Gasteiger partial charge on any atom is 0.154 e. The summed E-state index contributed by atoms with van der Waals surface area (Å²) in [6.07, 6.45) is 0.724. The second-order valence-electron chi connectivity index (χ2n) is 3.62. The van der Waals surface area contributed by atoms with Crippen molar-refractivity contribution in [3.8, 4) is 0 Å². The Balaban J connectivity index is 2.78. The second kappa shape index (κ2) is 3.75. The molecule has 0 saturated carbocycles. The van der Waals surface area contributed by atoms with Gasteiger partial charge in [0.2, 0.25) is 0 Å². The minimum Gasteiger partial charge on any atom is -0.315 e. The molecular formula is C8H17NO2S. The molecule has 1 heterocycles.